The van der Waals surface area contributed by atoms with Gasteiger partial charge in [0.25, 0.3) is 5.91 Å². The van der Waals surface area contributed by atoms with Gasteiger partial charge in [-0.2, -0.15) is 4.31 Å². The molecule has 2 aromatic rings. The van der Waals surface area contributed by atoms with Gasteiger partial charge in [-0.25, -0.2) is 18.4 Å². The van der Waals surface area contributed by atoms with E-state index in [1.807, 2.05) is 0 Å². The van der Waals surface area contributed by atoms with Crippen molar-refractivity contribution in [2.45, 2.75) is 11.4 Å². The van der Waals surface area contributed by atoms with Crippen LogP contribution in [0.25, 0.3) is 0 Å². The Balaban J connectivity index is 1.64. The predicted molar refractivity (Wildman–Crippen MR) is 96.9 cm³/mol. The lowest BCUT2D eigenvalue weighted by atomic mass is 10.2. The quantitative estimate of drug-likeness (QED) is 0.748. The zero-order valence-electron chi connectivity index (χ0n) is 13.8. The summed E-state index contributed by atoms with van der Waals surface area (Å²) in [7, 11) is -3.52. The van der Waals surface area contributed by atoms with Gasteiger partial charge in [0.1, 0.15) is 12.0 Å². The van der Waals surface area contributed by atoms with E-state index in [-0.39, 0.29) is 23.0 Å². The molecule has 26 heavy (non-hydrogen) atoms. The lowest BCUT2D eigenvalue weighted by Crippen LogP contribution is -2.40. The first-order valence-corrected chi connectivity index (χ1v) is 10.1. The average molecular weight is 441 g/mol. The Morgan fingerprint density at radius 1 is 1.23 bits per heavy atom. The summed E-state index contributed by atoms with van der Waals surface area (Å²) in [6.45, 7) is 1.78. The number of hydrogen-bond acceptors (Lipinski definition) is 6. The summed E-state index contributed by atoms with van der Waals surface area (Å²) in [5.41, 5.74) is 1.02. The Morgan fingerprint density at radius 2 is 1.92 bits per heavy atom. The number of carbonyl (C=O) groups is 1. The third kappa shape index (κ3) is 4.26. The lowest BCUT2D eigenvalue weighted by Gasteiger charge is -2.26. The van der Waals surface area contributed by atoms with Crippen LogP contribution in [0.3, 0.4) is 0 Å². The lowest BCUT2D eigenvalue weighted by molar-refractivity contribution is 0.0730. The summed E-state index contributed by atoms with van der Waals surface area (Å²) in [6.07, 6.45) is 2.79. The fourth-order valence-electron chi connectivity index (χ4n) is 2.46. The minimum absolute atomic E-state index is 0.230. The van der Waals surface area contributed by atoms with Crippen molar-refractivity contribution in [2.24, 2.45) is 0 Å². The van der Waals surface area contributed by atoms with Crippen molar-refractivity contribution < 1.29 is 17.9 Å². The van der Waals surface area contributed by atoms with Crippen molar-refractivity contribution in [3.63, 3.8) is 0 Å². The van der Waals surface area contributed by atoms with E-state index in [0.29, 0.717) is 30.8 Å². The van der Waals surface area contributed by atoms with Gasteiger partial charge >= 0.3 is 0 Å². The standard InChI is InChI=1S/C16H17BrN4O4S/c17-14-10-18-11-20-15(14)16(22)19-9-12-1-3-13(4-2-12)26(23,24)21-5-7-25-8-6-21/h1-4,10-11H,5-9H2,(H,19,22). The number of halogens is 1. The molecule has 0 aliphatic carbocycles. The number of nitrogens with one attached hydrogen (secondary N) is 1. The van der Waals surface area contributed by atoms with Crippen LogP contribution in [-0.4, -0.2) is 54.9 Å². The molecule has 138 valence electrons. The number of aromatic nitrogens is 2. The summed E-state index contributed by atoms with van der Waals surface area (Å²) in [5, 5.41) is 2.74. The Labute approximate surface area is 159 Å². The van der Waals surface area contributed by atoms with E-state index >= 15 is 0 Å². The molecule has 8 nitrogen and oxygen atoms in total. The van der Waals surface area contributed by atoms with Gasteiger partial charge in [0.2, 0.25) is 10.0 Å². The molecule has 3 rings (SSSR count). The number of hydrogen-bond donors (Lipinski definition) is 1. The number of rotatable bonds is 5. The third-order valence-electron chi connectivity index (χ3n) is 3.87. The van der Waals surface area contributed by atoms with Crippen molar-refractivity contribution >= 4 is 31.9 Å². The van der Waals surface area contributed by atoms with E-state index < -0.39 is 10.0 Å². The van der Waals surface area contributed by atoms with Gasteiger partial charge < -0.3 is 10.1 Å². The number of sulfonamides is 1. The summed E-state index contributed by atoms with van der Waals surface area (Å²) >= 11 is 3.23. The number of morpholine rings is 1. The SMILES string of the molecule is O=C(NCc1ccc(S(=O)(=O)N2CCOCC2)cc1)c1ncncc1Br. The molecule has 0 saturated carbocycles. The van der Waals surface area contributed by atoms with Crippen LogP contribution >= 0.6 is 15.9 Å². The van der Waals surface area contributed by atoms with E-state index in [4.69, 9.17) is 4.74 Å². The van der Waals surface area contributed by atoms with Crippen LogP contribution in [0.2, 0.25) is 0 Å². The van der Waals surface area contributed by atoms with Crippen LogP contribution < -0.4 is 5.32 Å². The van der Waals surface area contributed by atoms with Crippen LogP contribution in [0.15, 0.2) is 46.2 Å². The van der Waals surface area contributed by atoms with Gasteiger partial charge in [0, 0.05) is 25.8 Å². The highest BCUT2D eigenvalue weighted by molar-refractivity contribution is 9.10. The van der Waals surface area contributed by atoms with Crippen LogP contribution in [0.5, 0.6) is 0 Å². The Morgan fingerprint density at radius 3 is 2.58 bits per heavy atom. The molecule has 1 saturated heterocycles. The molecule has 1 aliphatic heterocycles. The Hall–Kier alpha value is -1.88. The molecule has 10 heteroatoms. The van der Waals surface area contributed by atoms with E-state index in [9.17, 15) is 13.2 Å². The molecular formula is C16H17BrN4O4S. The summed E-state index contributed by atoms with van der Waals surface area (Å²) in [6, 6.07) is 6.46. The van der Waals surface area contributed by atoms with Crippen LogP contribution in [0.1, 0.15) is 16.1 Å². The van der Waals surface area contributed by atoms with Crippen molar-refractivity contribution in [3.8, 4) is 0 Å². The number of amides is 1. The maximum atomic E-state index is 12.6. The molecule has 2 heterocycles. The molecule has 0 bridgehead atoms. The molecule has 0 atom stereocenters. The number of nitrogens with zero attached hydrogens (tertiary/aromatic N) is 3. The predicted octanol–water partition coefficient (Wildman–Crippen LogP) is 1.19. The average Bonchev–Trinajstić information content (AvgIpc) is 2.67. The van der Waals surface area contributed by atoms with E-state index in [1.165, 1.54) is 16.8 Å². The zero-order chi connectivity index (χ0) is 18.6. The summed E-state index contributed by atoms with van der Waals surface area (Å²) in [5.74, 6) is -0.343. The minimum Gasteiger partial charge on any atom is -0.379 e. The van der Waals surface area contributed by atoms with Crippen LogP contribution in [-0.2, 0) is 21.3 Å². The maximum absolute atomic E-state index is 12.6. The minimum atomic E-state index is -3.52. The monoisotopic (exact) mass is 440 g/mol. The molecule has 0 radical (unpaired) electrons. The van der Waals surface area contributed by atoms with Gasteiger partial charge in [-0.05, 0) is 33.6 Å². The van der Waals surface area contributed by atoms with Crippen molar-refractivity contribution in [1.82, 2.24) is 19.6 Å². The van der Waals surface area contributed by atoms with Crippen molar-refractivity contribution in [2.75, 3.05) is 26.3 Å². The van der Waals surface area contributed by atoms with Crippen molar-refractivity contribution in [3.05, 3.63) is 52.5 Å². The van der Waals surface area contributed by atoms with Gasteiger partial charge in [-0.15, -0.1) is 0 Å². The van der Waals surface area contributed by atoms with E-state index in [2.05, 4.69) is 31.2 Å². The largest absolute Gasteiger partial charge is 0.379 e. The molecule has 0 spiro atoms. The Kier molecular flexibility index (Phi) is 5.97. The fraction of sp³-hybridized carbons (Fsp3) is 0.312. The van der Waals surface area contributed by atoms with Crippen molar-refractivity contribution in [1.29, 1.82) is 0 Å². The highest BCUT2D eigenvalue weighted by atomic mass is 79.9. The Bertz CT molecular complexity index is 883. The second-order valence-corrected chi connectivity index (χ2v) is 8.35. The highest BCUT2D eigenvalue weighted by Crippen LogP contribution is 2.18. The summed E-state index contributed by atoms with van der Waals surface area (Å²) < 4.78 is 32.2. The fourth-order valence-corrected chi connectivity index (χ4v) is 4.27. The number of benzene rings is 1. The number of carbonyl (C=O) groups excluding carboxylic acids is 1. The highest BCUT2D eigenvalue weighted by Gasteiger charge is 2.26. The first-order chi connectivity index (χ1) is 12.5. The second-order valence-electron chi connectivity index (χ2n) is 5.56. The molecule has 0 unspecified atom stereocenters. The molecule has 1 N–H and O–H groups in total. The second kappa shape index (κ2) is 8.21. The first-order valence-electron chi connectivity index (χ1n) is 7.89. The summed E-state index contributed by atoms with van der Waals surface area (Å²) in [4.78, 5) is 20.1. The molecule has 1 aliphatic rings. The normalized spacial score (nSPS) is 15.6. The van der Waals surface area contributed by atoms with Gasteiger partial charge in [-0.3, -0.25) is 4.79 Å². The van der Waals surface area contributed by atoms with Crippen LogP contribution in [0, 0.1) is 0 Å². The third-order valence-corrected chi connectivity index (χ3v) is 6.36. The maximum Gasteiger partial charge on any atom is 0.271 e. The smallest absolute Gasteiger partial charge is 0.271 e. The van der Waals surface area contributed by atoms with E-state index in [0.717, 1.165) is 5.56 Å². The molecule has 1 aromatic carbocycles. The van der Waals surface area contributed by atoms with Gasteiger partial charge in [-0.1, -0.05) is 12.1 Å². The zero-order valence-corrected chi connectivity index (χ0v) is 16.2. The van der Waals surface area contributed by atoms with Gasteiger partial charge in [0.05, 0.1) is 22.6 Å². The molecule has 1 amide bonds. The molecule has 1 aromatic heterocycles. The number of ether oxygens (including phenoxy) is 1. The van der Waals surface area contributed by atoms with Crippen LogP contribution in [0.4, 0.5) is 0 Å². The van der Waals surface area contributed by atoms with E-state index in [1.54, 1.807) is 24.3 Å². The van der Waals surface area contributed by atoms with Gasteiger partial charge in [0.15, 0.2) is 0 Å². The first kappa shape index (κ1) is 18.9. The molecule has 1 fully saturated rings. The molecular weight excluding hydrogens is 424 g/mol. The topological polar surface area (TPSA) is 101 Å².